The smallest absolute Gasteiger partial charge is 0.274 e. The first-order valence-corrected chi connectivity index (χ1v) is 8.78. The molecular formula is C17H18N4O3S. The molecule has 1 N–H and O–H groups in total. The highest BCUT2D eigenvalue weighted by Crippen LogP contribution is 2.32. The quantitative estimate of drug-likeness (QED) is 0.881. The second-order valence-corrected chi connectivity index (χ2v) is 6.56. The summed E-state index contributed by atoms with van der Waals surface area (Å²) in [6.07, 6.45) is 5.90. The van der Waals surface area contributed by atoms with E-state index in [1.165, 1.54) is 13.3 Å². The SMILES string of the molecule is COc1cnc(C(=O)Nc2c(C)nsc2C#N)cc1OC1CCCC1. The van der Waals surface area contributed by atoms with Crippen LogP contribution in [0.2, 0.25) is 0 Å². The number of hydrogen-bond donors (Lipinski definition) is 1. The molecule has 2 aromatic rings. The van der Waals surface area contributed by atoms with E-state index < -0.39 is 5.91 Å². The van der Waals surface area contributed by atoms with Crippen molar-refractivity contribution in [3.63, 3.8) is 0 Å². The van der Waals surface area contributed by atoms with E-state index in [4.69, 9.17) is 14.7 Å². The average molecular weight is 358 g/mol. The van der Waals surface area contributed by atoms with Crippen molar-refractivity contribution in [2.24, 2.45) is 0 Å². The van der Waals surface area contributed by atoms with Gasteiger partial charge in [-0.15, -0.1) is 0 Å². The van der Waals surface area contributed by atoms with Crippen molar-refractivity contribution in [1.29, 1.82) is 5.26 Å². The van der Waals surface area contributed by atoms with E-state index in [0.717, 1.165) is 37.2 Å². The van der Waals surface area contributed by atoms with Gasteiger partial charge in [-0.2, -0.15) is 9.64 Å². The van der Waals surface area contributed by atoms with Gasteiger partial charge in [0.15, 0.2) is 11.5 Å². The Kier molecular flexibility index (Phi) is 5.14. The maximum atomic E-state index is 12.5. The fourth-order valence-electron chi connectivity index (χ4n) is 2.75. The van der Waals surface area contributed by atoms with Crippen LogP contribution in [0.1, 0.15) is 46.7 Å². The summed E-state index contributed by atoms with van der Waals surface area (Å²) < 4.78 is 15.4. The molecule has 0 aliphatic heterocycles. The lowest BCUT2D eigenvalue weighted by Crippen LogP contribution is -2.16. The van der Waals surface area contributed by atoms with E-state index in [9.17, 15) is 4.79 Å². The third-order valence-corrected chi connectivity index (χ3v) is 4.93. The first-order chi connectivity index (χ1) is 12.1. The molecule has 2 aromatic heterocycles. The number of rotatable bonds is 5. The molecule has 0 saturated heterocycles. The second-order valence-electron chi connectivity index (χ2n) is 5.78. The van der Waals surface area contributed by atoms with Crippen LogP contribution >= 0.6 is 11.5 Å². The van der Waals surface area contributed by atoms with Crippen molar-refractivity contribution >= 4 is 23.1 Å². The molecule has 7 nitrogen and oxygen atoms in total. The number of nitriles is 1. The van der Waals surface area contributed by atoms with Crippen LogP contribution in [0.5, 0.6) is 11.5 Å². The highest BCUT2D eigenvalue weighted by atomic mass is 32.1. The third-order valence-electron chi connectivity index (χ3n) is 4.08. The molecule has 0 atom stereocenters. The Morgan fingerprint density at radius 3 is 2.84 bits per heavy atom. The predicted octanol–water partition coefficient (Wildman–Crippen LogP) is 3.30. The van der Waals surface area contributed by atoms with Crippen LogP contribution in [-0.2, 0) is 0 Å². The number of carbonyl (C=O) groups excluding carboxylic acids is 1. The van der Waals surface area contributed by atoms with Gasteiger partial charge in [-0.3, -0.25) is 4.79 Å². The van der Waals surface area contributed by atoms with Crippen molar-refractivity contribution in [2.45, 2.75) is 38.7 Å². The van der Waals surface area contributed by atoms with Crippen molar-refractivity contribution in [1.82, 2.24) is 9.36 Å². The Balaban J connectivity index is 1.82. The molecule has 1 amide bonds. The number of aromatic nitrogens is 2. The average Bonchev–Trinajstić information content (AvgIpc) is 3.25. The Morgan fingerprint density at radius 2 is 2.16 bits per heavy atom. The third kappa shape index (κ3) is 3.72. The van der Waals surface area contributed by atoms with Gasteiger partial charge >= 0.3 is 0 Å². The lowest BCUT2D eigenvalue weighted by molar-refractivity contribution is 0.102. The molecule has 3 rings (SSSR count). The topological polar surface area (TPSA) is 97.1 Å². The minimum Gasteiger partial charge on any atom is -0.491 e. The zero-order valence-corrected chi connectivity index (χ0v) is 14.9. The van der Waals surface area contributed by atoms with E-state index in [1.54, 1.807) is 13.0 Å². The van der Waals surface area contributed by atoms with E-state index >= 15 is 0 Å². The van der Waals surface area contributed by atoms with Gasteiger partial charge in [-0.25, -0.2) is 4.98 Å². The largest absolute Gasteiger partial charge is 0.491 e. The van der Waals surface area contributed by atoms with Crippen LogP contribution in [0.4, 0.5) is 5.69 Å². The van der Waals surface area contributed by atoms with E-state index in [2.05, 4.69) is 14.7 Å². The lowest BCUT2D eigenvalue weighted by atomic mass is 10.2. The first-order valence-electron chi connectivity index (χ1n) is 8.00. The number of anilines is 1. The molecule has 1 aliphatic carbocycles. The molecular weight excluding hydrogens is 340 g/mol. The number of methoxy groups -OCH3 is 1. The summed E-state index contributed by atoms with van der Waals surface area (Å²) in [5, 5.41) is 11.8. The minimum atomic E-state index is -0.418. The maximum absolute atomic E-state index is 12.5. The second kappa shape index (κ2) is 7.49. The van der Waals surface area contributed by atoms with E-state index in [1.807, 2.05) is 6.07 Å². The molecule has 25 heavy (non-hydrogen) atoms. The minimum absolute atomic E-state index is 0.140. The van der Waals surface area contributed by atoms with Crippen LogP contribution in [0, 0.1) is 18.3 Å². The van der Waals surface area contributed by atoms with Gasteiger partial charge in [0, 0.05) is 6.07 Å². The summed E-state index contributed by atoms with van der Waals surface area (Å²) >= 11 is 1.05. The zero-order valence-electron chi connectivity index (χ0n) is 14.0. The monoisotopic (exact) mass is 358 g/mol. The van der Waals surface area contributed by atoms with Gasteiger partial charge in [0.25, 0.3) is 5.91 Å². The summed E-state index contributed by atoms with van der Waals surface area (Å²) in [7, 11) is 1.54. The van der Waals surface area contributed by atoms with Crippen LogP contribution in [0.15, 0.2) is 12.3 Å². The van der Waals surface area contributed by atoms with Gasteiger partial charge in [-0.05, 0) is 44.1 Å². The molecule has 1 saturated carbocycles. The number of ether oxygens (including phenoxy) is 2. The molecule has 0 bridgehead atoms. The fourth-order valence-corrected chi connectivity index (χ4v) is 3.40. The highest BCUT2D eigenvalue weighted by molar-refractivity contribution is 7.07. The molecule has 8 heteroatoms. The summed E-state index contributed by atoms with van der Waals surface area (Å²) in [5.74, 6) is 0.587. The van der Waals surface area contributed by atoms with Crippen LogP contribution in [-0.4, -0.2) is 28.5 Å². The maximum Gasteiger partial charge on any atom is 0.274 e. The Morgan fingerprint density at radius 1 is 1.40 bits per heavy atom. The molecule has 0 aromatic carbocycles. The lowest BCUT2D eigenvalue weighted by Gasteiger charge is -2.16. The first kappa shape index (κ1) is 17.2. The molecule has 0 unspecified atom stereocenters. The van der Waals surface area contributed by atoms with Gasteiger partial charge < -0.3 is 14.8 Å². The molecule has 2 heterocycles. The fraction of sp³-hybridized carbons (Fsp3) is 0.412. The van der Waals surface area contributed by atoms with Gasteiger partial charge in [0.1, 0.15) is 16.6 Å². The van der Waals surface area contributed by atoms with E-state index in [0.29, 0.717) is 27.8 Å². The Labute approximate surface area is 149 Å². The van der Waals surface area contributed by atoms with Crippen LogP contribution < -0.4 is 14.8 Å². The molecule has 0 radical (unpaired) electrons. The van der Waals surface area contributed by atoms with Crippen LogP contribution in [0.3, 0.4) is 0 Å². The van der Waals surface area contributed by atoms with Gasteiger partial charge in [0.05, 0.1) is 30.8 Å². The summed E-state index contributed by atoms with van der Waals surface area (Å²) in [4.78, 5) is 17.0. The zero-order chi connectivity index (χ0) is 17.8. The molecule has 130 valence electrons. The van der Waals surface area contributed by atoms with Crippen molar-refractivity contribution in [3.8, 4) is 17.6 Å². The molecule has 0 spiro atoms. The molecule has 1 fully saturated rings. The van der Waals surface area contributed by atoms with Crippen LogP contribution in [0.25, 0.3) is 0 Å². The normalized spacial score (nSPS) is 14.1. The highest BCUT2D eigenvalue weighted by Gasteiger charge is 2.21. The number of carbonyl (C=O) groups is 1. The van der Waals surface area contributed by atoms with Gasteiger partial charge in [-0.1, -0.05) is 0 Å². The number of nitrogens with zero attached hydrogens (tertiary/aromatic N) is 3. The predicted molar refractivity (Wildman–Crippen MR) is 93.2 cm³/mol. The molecule has 1 aliphatic rings. The number of nitrogens with one attached hydrogen (secondary N) is 1. The number of pyridine rings is 1. The van der Waals surface area contributed by atoms with E-state index in [-0.39, 0.29) is 11.8 Å². The number of amides is 1. The van der Waals surface area contributed by atoms with Crippen molar-refractivity contribution in [2.75, 3.05) is 12.4 Å². The summed E-state index contributed by atoms with van der Waals surface area (Å²) in [6, 6.07) is 3.60. The Hall–Kier alpha value is -2.66. The van der Waals surface area contributed by atoms with Gasteiger partial charge in [0.2, 0.25) is 0 Å². The standard InChI is InChI=1S/C17H18N4O3S/c1-10-16(15(8-18)25-21-10)20-17(22)12-7-13(14(23-2)9-19-12)24-11-5-3-4-6-11/h7,9,11H,3-6H2,1-2H3,(H,20,22). The Bertz CT molecular complexity index is 822. The summed E-state index contributed by atoms with van der Waals surface area (Å²) in [5.41, 5.74) is 1.22. The van der Waals surface area contributed by atoms with Crippen molar-refractivity contribution < 1.29 is 14.3 Å². The number of hydrogen-bond acceptors (Lipinski definition) is 7. The summed E-state index contributed by atoms with van der Waals surface area (Å²) in [6.45, 7) is 1.74. The number of aryl methyl sites for hydroxylation is 1. The van der Waals surface area contributed by atoms with Crippen molar-refractivity contribution in [3.05, 3.63) is 28.5 Å².